The predicted octanol–water partition coefficient (Wildman–Crippen LogP) is 4.19. The molecule has 110 valence electrons. The van der Waals surface area contributed by atoms with E-state index in [1.807, 2.05) is 0 Å². The van der Waals surface area contributed by atoms with Gasteiger partial charge in [0, 0.05) is 5.56 Å². The van der Waals surface area contributed by atoms with E-state index in [0.29, 0.717) is 22.6 Å². The summed E-state index contributed by atoms with van der Waals surface area (Å²) < 4.78 is 18.5. The van der Waals surface area contributed by atoms with Crippen LogP contribution in [0.2, 0.25) is 10.0 Å². The van der Waals surface area contributed by atoms with Crippen molar-refractivity contribution >= 4 is 34.8 Å². The Morgan fingerprint density at radius 3 is 2.62 bits per heavy atom. The van der Waals surface area contributed by atoms with Gasteiger partial charge < -0.3 is 4.42 Å². The average molecular weight is 329 g/mol. The topological polar surface area (TPSA) is 54.6 Å². The molecule has 0 spiro atoms. The number of carbonyl (C=O) groups is 1. The van der Waals surface area contributed by atoms with Gasteiger partial charge in [-0.15, -0.1) is 0 Å². The van der Waals surface area contributed by atoms with Crippen LogP contribution in [0.4, 0.5) is 4.39 Å². The normalized spacial score (nSPS) is 11.6. The summed E-state index contributed by atoms with van der Waals surface area (Å²) in [5.41, 5.74) is 3.44. The highest BCUT2D eigenvalue weighted by Gasteiger charge is 2.12. The third-order valence-electron chi connectivity index (χ3n) is 2.83. The van der Waals surface area contributed by atoms with Gasteiger partial charge in [-0.05, 0) is 32.0 Å². The largest absolute Gasteiger partial charge is 0.469 e. The molecule has 0 aliphatic heterocycles. The number of hydrogen-bond donors (Lipinski definition) is 1. The first-order chi connectivity index (χ1) is 9.90. The van der Waals surface area contributed by atoms with Crippen molar-refractivity contribution in [1.82, 2.24) is 5.43 Å². The lowest BCUT2D eigenvalue weighted by Gasteiger charge is -2.06. The van der Waals surface area contributed by atoms with Crippen LogP contribution >= 0.6 is 23.2 Å². The van der Waals surface area contributed by atoms with Crippen LogP contribution in [0.15, 0.2) is 34.0 Å². The van der Waals surface area contributed by atoms with Gasteiger partial charge in [-0.1, -0.05) is 23.2 Å². The standard InChI is InChI=1S/C14H11Cl2FN2O2/c1-7(10-5-13(17)12(16)6-11(10)15)18-19-14(20)9-3-4-21-8(9)2/h3-6H,1-2H3,(H,19,20)/b18-7-. The second kappa shape index (κ2) is 6.28. The first-order valence-electron chi connectivity index (χ1n) is 5.93. The van der Waals surface area contributed by atoms with Gasteiger partial charge in [-0.25, -0.2) is 9.82 Å². The Kier molecular flexibility index (Phi) is 4.65. The molecule has 4 nitrogen and oxygen atoms in total. The Balaban J connectivity index is 2.20. The van der Waals surface area contributed by atoms with Gasteiger partial charge in [-0.3, -0.25) is 4.79 Å². The number of benzene rings is 1. The molecule has 21 heavy (non-hydrogen) atoms. The molecular formula is C14H11Cl2FN2O2. The Morgan fingerprint density at radius 2 is 2.00 bits per heavy atom. The van der Waals surface area contributed by atoms with E-state index < -0.39 is 11.7 Å². The number of aryl methyl sites for hydroxylation is 1. The number of carbonyl (C=O) groups excluding carboxylic acids is 1. The van der Waals surface area contributed by atoms with Crippen molar-refractivity contribution in [3.63, 3.8) is 0 Å². The molecule has 2 rings (SSSR count). The zero-order valence-electron chi connectivity index (χ0n) is 11.2. The number of nitrogens with zero attached hydrogens (tertiary/aromatic N) is 1. The van der Waals surface area contributed by atoms with Crippen molar-refractivity contribution in [2.45, 2.75) is 13.8 Å². The molecule has 1 N–H and O–H groups in total. The highest BCUT2D eigenvalue weighted by molar-refractivity contribution is 6.37. The molecule has 0 atom stereocenters. The van der Waals surface area contributed by atoms with E-state index in [1.165, 1.54) is 24.5 Å². The summed E-state index contributed by atoms with van der Waals surface area (Å²) in [6.45, 7) is 3.26. The van der Waals surface area contributed by atoms with Crippen LogP contribution in [-0.4, -0.2) is 11.6 Å². The number of hydrazone groups is 1. The highest BCUT2D eigenvalue weighted by Crippen LogP contribution is 2.24. The van der Waals surface area contributed by atoms with E-state index in [-0.39, 0.29) is 10.0 Å². The summed E-state index contributed by atoms with van der Waals surface area (Å²) >= 11 is 11.6. The lowest BCUT2D eigenvalue weighted by atomic mass is 10.1. The van der Waals surface area contributed by atoms with Crippen LogP contribution in [0.3, 0.4) is 0 Å². The van der Waals surface area contributed by atoms with Crippen molar-refractivity contribution in [3.05, 3.63) is 57.2 Å². The molecule has 0 saturated carbocycles. The number of amides is 1. The van der Waals surface area contributed by atoms with Gasteiger partial charge in [0.1, 0.15) is 11.6 Å². The predicted molar refractivity (Wildman–Crippen MR) is 79.5 cm³/mol. The molecule has 0 radical (unpaired) electrons. The van der Waals surface area contributed by atoms with E-state index in [4.69, 9.17) is 27.6 Å². The molecule has 0 saturated heterocycles. The smallest absolute Gasteiger partial charge is 0.274 e. The summed E-state index contributed by atoms with van der Waals surface area (Å²) in [7, 11) is 0. The Bertz CT molecular complexity index is 726. The van der Waals surface area contributed by atoms with Crippen LogP contribution in [0.5, 0.6) is 0 Å². The van der Waals surface area contributed by atoms with Crippen LogP contribution < -0.4 is 5.43 Å². The molecule has 1 heterocycles. The first kappa shape index (κ1) is 15.5. The maximum absolute atomic E-state index is 13.4. The van der Waals surface area contributed by atoms with E-state index in [2.05, 4.69) is 10.5 Å². The number of halogens is 3. The molecule has 1 amide bonds. The third-order valence-corrected chi connectivity index (χ3v) is 3.43. The zero-order valence-corrected chi connectivity index (χ0v) is 12.7. The minimum atomic E-state index is -0.609. The fraction of sp³-hybridized carbons (Fsp3) is 0.143. The lowest BCUT2D eigenvalue weighted by molar-refractivity contribution is 0.0953. The Morgan fingerprint density at radius 1 is 1.29 bits per heavy atom. The molecular weight excluding hydrogens is 318 g/mol. The number of furan rings is 1. The summed E-state index contributed by atoms with van der Waals surface area (Å²) in [6, 6.07) is 3.98. The fourth-order valence-corrected chi connectivity index (χ4v) is 2.20. The Hall–Kier alpha value is -1.85. The molecule has 2 aromatic rings. The van der Waals surface area contributed by atoms with Crippen molar-refractivity contribution < 1.29 is 13.6 Å². The molecule has 1 aromatic carbocycles. The summed E-state index contributed by atoms with van der Waals surface area (Å²) in [4.78, 5) is 11.9. The van der Waals surface area contributed by atoms with Crippen LogP contribution in [0.25, 0.3) is 0 Å². The Labute approximate surface area is 130 Å². The van der Waals surface area contributed by atoms with Crippen molar-refractivity contribution in [1.29, 1.82) is 0 Å². The van der Waals surface area contributed by atoms with E-state index in [1.54, 1.807) is 13.8 Å². The van der Waals surface area contributed by atoms with Gasteiger partial charge in [0.2, 0.25) is 0 Å². The second-order valence-electron chi connectivity index (χ2n) is 4.27. The van der Waals surface area contributed by atoms with Crippen molar-refractivity contribution in [2.24, 2.45) is 5.10 Å². The quantitative estimate of drug-likeness (QED) is 0.521. The second-order valence-corrected chi connectivity index (χ2v) is 5.09. The number of nitrogens with one attached hydrogen (secondary N) is 1. The van der Waals surface area contributed by atoms with Crippen LogP contribution in [-0.2, 0) is 0 Å². The van der Waals surface area contributed by atoms with Crippen LogP contribution in [0, 0.1) is 12.7 Å². The lowest BCUT2D eigenvalue weighted by Crippen LogP contribution is -2.19. The van der Waals surface area contributed by atoms with E-state index in [0.717, 1.165) is 0 Å². The minimum Gasteiger partial charge on any atom is -0.469 e. The van der Waals surface area contributed by atoms with E-state index in [9.17, 15) is 9.18 Å². The molecule has 0 bridgehead atoms. The molecule has 0 aliphatic carbocycles. The maximum Gasteiger partial charge on any atom is 0.274 e. The van der Waals surface area contributed by atoms with Crippen molar-refractivity contribution in [2.75, 3.05) is 0 Å². The van der Waals surface area contributed by atoms with Gasteiger partial charge in [-0.2, -0.15) is 5.10 Å². The molecule has 0 aliphatic rings. The van der Waals surface area contributed by atoms with E-state index >= 15 is 0 Å². The van der Waals surface area contributed by atoms with Gasteiger partial charge >= 0.3 is 0 Å². The monoisotopic (exact) mass is 328 g/mol. The zero-order chi connectivity index (χ0) is 15.6. The molecule has 7 heteroatoms. The summed E-state index contributed by atoms with van der Waals surface area (Å²) in [6.07, 6.45) is 1.41. The molecule has 0 fully saturated rings. The van der Waals surface area contributed by atoms with Crippen molar-refractivity contribution in [3.8, 4) is 0 Å². The number of hydrogen-bond acceptors (Lipinski definition) is 3. The van der Waals surface area contributed by atoms with Gasteiger partial charge in [0.15, 0.2) is 0 Å². The SMILES string of the molecule is C/C(=N/NC(=O)c1ccoc1C)c1cc(F)c(Cl)cc1Cl. The first-order valence-corrected chi connectivity index (χ1v) is 6.69. The minimum absolute atomic E-state index is 0.0744. The van der Waals surface area contributed by atoms with Gasteiger partial charge in [0.25, 0.3) is 5.91 Å². The average Bonchev–Trinajstić information content (AvgIpc) is 2.86. The third kappa shape index (κ3) is 3.43. The highest BCUT2D eigenvalue weighted by atomic mass is 35.5. The maximum atomic E-state index is 13.4. The number of rotatable bonds is 3. The fourth-order valence-electron chi connectivity index (χ4n) is 1.68. The molecule has 0 unspecified atom stereocenters. The molecule has 1 aromatic heterocycles. The van der Waals surface area contributed by atoms with Crippen LogP contribution in [0.1, 0.15) is 28.6 Å². The summed E-state index contributed by atoms with van der Waals surface area (Å²) in [5.74, 6) is -0.551. The van der Waals surface area contributed by atoms with Gasteiger partial charge in [0.05, 0.1) is 27.6 Å². The summed E-state index contributed by atoms with van der Waals surface area (Å²) in [5, 5.41) is 4.08.